The molecule has 1 aromatic rings. The molecule has 2 N–H and O–H groups in total. The minimum absolute atomic E-state index is 0.0725. The van der Waals surface area contributed by atoms with Crippen LogP contribution in [-0.4, -0.2) is 24.2 Å². The van der Waals surface area contributed by atoms with Crippen molar-refractivity contribution in [2.45, 2.75) is 34.1 Å². The van der Waals surface area contributed by atoms with E-state index in [2.05, 4.69) is 37.9 Å². The highest BCUT2D eigenvalue weighted by atomic mass is 16.2. The van der Waals surface area contributed by atoms with Crippen LogP contribution in [0, 0.1) is 24.2 Å². The molecule has 0 atom stereocenters. The number of rotatable bonds is 4. The summed E-state index contributed by atoms with van der Waals surface area (Å²) < 4.78 is 0. The molecule has 0 spiro atoms. The van der Waals surface area contributed by atoms with E-state index in [1.807, 2.05) is 19.1 Å². The first-order valence-corrected chi connectivity index (χ1v) is 6.89. The van der Waals surface area contributed by atoms with Crippen molar-refractivity contribution in [3.63, 3.8) is 0 Å². The number of carbonyl (C=O) groups is 1. The van der Waals surface area contributed by atoms with Gasteiger partial charge in [0.1, 0.15) is 6.61 Å². The molecule has 0 aliphatic carbocycles. The molecule has 0 aliphatic rings. The summed E-state index contributed by atoms with van der Waals surface area (Å²) in [5.74, 6) is 5.40. The van der Waals surface area contributed by atoms with Crippen molar-refractivity contribution in [1.82, 2.24) is 5.32 Å². The van der Waals surface area contributed by atoms with Crippen molar-refractivity contribution in [2.75, 3.05) is 13.2 Å². The zero-order valence-electron chi connectivity index (χ0n) is 12.7. The van der Waals surface area contributed by atoms with Crippen LogP contribution < -0.4 is 5.32 Å². The Labute approximate surface area is 121 Å². The molecule has 20 heavy (non-hydrogen) atoms. The van der Waals surface area contributed by atoms with E-state index >= 15 is 0 Å². The van der Waals surface area contributed by atoms with Gasteiger partial charge >= 0.3 is 0 Å². The fourth-order valence-electron chi connectivity index (χ4n) is 1.69. The molecule has 0 fully saturated rings. The molecule has 1 amide bonds. The number of amides is 1. The fraction of sp³-hybridized carbons (Fsp3) is 0.471. The lowest BCUT2D eigenvalue weighted by Crippen LogP contribution is -2.34. The highest BCUT2D eigenvalue weighted by Crippen LogP contribution is 2.18. The minimum Gasteiger partial charge on any atom is -0.384 e. The number of nitrogens with one attached hydrogen (secondary N) is 1. The maximum atomic E-state index is 12.2. The molecule has 1 rings (SSSR count). The Morgan fingerprint density at radius 1 is 1.40 bits per heavy atom. The molecule has 0 saturated carbocycles. The van der Waals surface area contributed by atoms with Crippen molar-refractivity contribution in [3.8, 4) is 11.8 Å². The van der Waals surface area contributed by atoms with Gasteiger partial charge < -0.3 is 10.4 Å². The molecule has 0 bridgehead atoms. The molecule has 3 heteroatoms. The van der Waals surface area contributed by atoms with E-state index < -0.39 is 0 Å². The van der Waals surface area contributed by atoms with Crippen LogP contribution in [0.3, 0.4) is 0 Å². The average Bonchev–Trinajstić information content (AvgIpc) is 2.44. The van der Waals surface area contributed by atoms with Crippen molar-refractivity contribution in [3.05, 3.63) is 34.9 Å². The van der Waals surface area contributed by atoms with Crippen LogP contribution in [-0.2, 0) is 0 Å². The highest BCUT2D eigenvalue weighted by Gasteiger charge is 2.17. The van der Waals surface area contributed by atoms with Gasteiger partial charge in [0.15, 0.2) is 0 Å². The molecular weight excluding hydrogens is 250 g/mol. The SMILES string of the molecule is CCC(C)(C)CNC(=O)c1cccc(C#CCO)c1C. The Bertz CT molecular complexity index is 536. The topological polar surface area (TPSA) is 49.3 Å². The molecule has 0 aromatic heterocycles. The van der Waals surface area contributed by atoms with Crippen LogP contribution in [0.2, 0.25) is 0 Å². The van der Waals surface area contributed by atoms with Gasteiger partial charge in [-0.2, -0.15) is 0 Å². The molecule has 0 saturated heterocycles. The van der Waals surface area contributed by atoms with Gasteiger partial charge in [0.2, 0.25) is 0 Å². The van der Waals surface area contributed by atoms with E-state index in [9.17, 15) is 4.79 Å². The smallest absolute Gasteiger partial charge is 0.251 e. The third-order valence-corrected chi connectivity index (χ3v) is 3.57. The maximum absolute atomic E-state index is 12.2. The third-order valence-electron chi connectivity index (χ3n) is 3.57. The predicted molar refractivity (Wildman–Crippen MR) is 81.5 cm³/mol. The Hall–Kier alpha value is -1.79. The van der Waals surface area contributed by atoms with Crippen LogP contribution in [0.1, 0.15) is 48.7 Å². The molecule has 3 nitrogen and oxygen atoms in total. The van der Waals surface area contributed by atoms with Gasteiger partial charge in [0.25, 0.3) is 5.91 Å². The third kappa shape index (κ3) is 4.40. The van der Waals surface area contributed by atoms with Crippen molar-refractivity contribution < 1.29 is 9.90 Å². The number of aliphatic hydroxyl groups excluding tert-OH is 1. The zero-order chi connectivity index (χ0) is 15.2. The molecule has 0 heterocycles. The number of carbonyl (C=O) groups excluding carboxylic acids is 1. The molecular formula is C17H23NO2. The second-order valence-corrected chi connectivity index (χ2v) is 5.64. The summed E-state index contributed by atoms with van der Waals surface area (Å²) in [5.41, 5.74) is 2.36. The standard InChI is InChI=1S/C17H23NO2/c1-5-17(3,4)12-18-16(20)15-10-6-8-14(13(15)2)9-7-11-19/h6,8,10,19H,5,11-12H2,1-4H3,(H,18,20). The molecule has 1 aromatic carbocycles. The van der Waals surface area contributed by atoms with E-state index in [-0.39, 0.29) is 17.9 Å². The second kappa shape index (κ2) is 7.12. The molecule has 0 aliphatic heterocycles. The van der Waals surface area contributed by atoms with Gasteiger partial charge in [-0.3, -0.25) is 4.79 Å². The van der Waals surface area contributed by atoms with Crippen molar-refractivity contribution >= 4 is 5.91 Å². The molecule has 108 valence electrons. The van der Waals surface area contributed by atoms with Crippen LogP contribution in [0.4, 0.5) is 0 Å². The summed E-state index contributed by atoms with van der Waals surface area (Å²) >= 11 is 0. The largest absolute Gasteiger partial charge is 0.384 e. The lowest BCUT2D eigenvalue weighted by Gasteiger charge is -2.23. The van der Waals surface area contributed by atoms with Gasteiger partial charge in [0, 0.05) is 17.7 Å². The first kappa shape index (κ1) is 16.3. The minimum atomic E-state index is -0.180. The van der Waals surface area contributed by atoms with Crippen LogP contribution in [0.25, 0.3) is 0 Å². The summed E-state index contributed by atoms with van der Waals surface area (Å²) in [6.45, 7) is 8.71. The molecule has 0 radical (unpaired) electrons. The summed E-state index contributed by atoms with van der Waals surface area (Å²) in [4.78, 5) is 12.2. The Balaban J connectivity index is 2.89. The van der Waals surface area contributed by atoms with Gasteiger partial charge in [-0.15, -0.1) is 0 Å². The number of hydrogen-bond acceptors (Lipinski definition) is 2. The van der Waals surface area contributed by atoms with Crippen molar-refractivity contribution in [1.29, 1.82) is 0 Å². The number of benzene rings is 1. The number of aliphatic hydroxyl groups is 1. The van der Waals surface area contributed by atoms with E-state index in [1.165, 1.54) is 0 Å². The van der Waals surface area contributed by atoms with Crippen LogP contribution in [0.15, 0.2) is 18.2 Å². The Morgan fingerprint density at radius 2 is 2.10 bits per heavy atom. The summed E-state index contributed by atoms with van der Waals surface area (Å²) in [7, 11) is 0. The normalized spacial score (nSPS) is 10.7. The summed E-state index contributed by atoms with van der Waals surface area (Å²) in [6, 6.07) is 5.47. The lowest BCUT2D eigenvalue weighted by atomic mass is 9.90. The van der Waals surface area contributed by atoms with Gasteiger partial charge in [0.05, 0.1) is 0 Å². The highest BCUT2D eigenvalue weighted by molar-refractivity contribution is 5.96. The predicted octanol–water partition coefficient (Wildman–Crippen LogP) is 2.50. The first-order valence-electron chi connectivity index (χ1n) is 6.89. The number of hydrogen-bond donors (Lipinski definition) is 2. The quantitative estimate of drug-likeness (QED) is 0.828. The molecule has 0 unspecified atom stereocenters. The van der Waals surface area contributed by atoms with E-state index in [1.54, 1.807) is 6.07 Å². The summed E-state index contributed by atoms with van der Waals surface area (Å²) in [6.07, 6.45) is 1.01. The average molecular weight is 273 g/mol. The van der Waals surface area contributed by atoms with E-state index in [0.29, 0.717) is 12.1 Å². The lowest BCUT2D eigenvalue weighted by molar-refractivity contribution is 0.0935. The van der Waals surface area contributed by atoms with E-state index in [0.717, 1.165) is 17.5 Å². The fourth-order valence-corrected chi connectivity index (χ4v) is 1.69. The zero-order valence-corrected chi connectivity index (χ0v) is 12.7. The first-order chi connectivity index (χ1) is 9.41. The second-order valence-electron chi connectivity index (χ2n) is 5.64. The van der Waals surface area contributed by atoms with Crippen LogP contribution in [0.5, 0.6) is 0 Å². The Morgan fingerprint density at radius 3 is 2.70 bits per heavy atom. The van der Waals surface area contributed by atoms with Crippen molar-refractivity contribution in [2.24, 2.45) is 5.41 Å². The Kier molecular flexibility index (Phi) is 5.79. The van der Waals surface area contributed by atoms with Gasteiger partial charge in [-0.1, -0.05) is 38.7 Å². The van der Waals surface area contributed by atoms with Gasteiger partial charge in [-0.05, 0) is 36.5 Å². The van der Waals surface area contributed by atoms with Gasteiger partial charge in [-0.25, -0.2) is 0 Å². The van der Waals surface area contributed by atoms with Crippen LogP contribution >= 0.6 is 0 Å². The summed E-state index contributed by atoms with van der Waals surface area (Å²) in [5, 5.41) is 11.7. The maximum Gasteiger partial charge on any atom is 0.251 e. The van der Waals surface area contributed by atoms with E-state index in [4.69, 9.17) is 5.11 Å². The monoisotopic (exact) mass is 273 g/mol.